The highest BCUT2D eigenvalue weighted by atomic mass is 32.1. The summed E-state index contributed by atoms with van der Waals surface area (Å²) in [5.74, 6) is 1.09. The molecule has 21 heavy (non-hydrogen) atoms. The van der Waals surface area contributed by atoms with E-state index in [9.17, 15) is 0 Å². The van der Waals surface area contributed by atoms with Gasteiger partial charge in [-0.15, -0.1) is 11.3 Å². The summed E-state index contributed by atoms with van der Waals surface area (Å²) < 4.78 is 5.14. The van der Waals surface area contributed by atoms with Crippen molar-refractivity contribution in [3.8, 4) is 6.01 Å². The number of hydrogen-bond donors (Lipinski definition) is 1. The van der Waals surface area contributed by atoms with E-state index in [0.29, 0.717) is 24.5 Å². The molecule has 0 saturated carbocycles. The maximum absolute atomic E-state index is 5.14. The number of thiazole rings is 1. The van der Waals surface area contributed by atoms with Crippen LogP contribution in [-0.4, -0.2) is 40.6 Å². The number of ether oxygens (including phenoxy) is 1. The lowest BCUT2D eigenvalue weighted by Gasteiger charge is -2.17. The van der Waals surface area contributed by atoms with Crippen molar-refractivity contribution < 1.29 is 4.74 Å². The van der Waals surface area contributed by atoms with Crippen LogP contribution in [0.1, 0.15) is 24.0 Å². The Morgan fingerprint density at radius 1 is 1.29 bits per heavy atom. The van der Waals surface area contributed by atoms with Gasteiger partial charge in [0.15, 0.2) is 0 Å². The number of nitrogens with zero attached hydrogens (tertiary/aromatic N) is 5. The third-order valence-electron chi connectivity index (χ3n) is 2.73. The third-order valence-corrected chi connectivity index (χ3v) is 3.55. The normalized spacial score (nSPS) is 10.5. The summed E-state index contributed by atoms with van der Waals surface area (Å²) in [4.78, 5) is 19.3. The maximum atomic E-state index is 5.14. The molecule has 2 rings (SSSR count). The van der Waals surface area contributed by atoms with E-state index in [2.05, 4.69) is 32.2 Å². The zero-order valence-corrected chi connectivity index (χ0v) is 13.6. The van der Waals surface area contributed by atoms with Crippen LogP contribution in [0.4, 0.5) is 11.9 Å². The van der Waals surface area contributed by atoms with Crippen LogP contribution in [0, 0.1) is 6.92 Å². The van der Waals surface area contributed by atoms with Crippen LogP contribution in [0.3, 0.4) is 0 Å². The van der Waals surface area contributed by atoms with Crippen LogP contribution in [-0.2, 0) is 6.54 Å². The van der Waals surface area contributed by atoms with E-state index in [1.165, 1.54) is 0 Å². The monoisotopic (exact) mass is 308 g/mol. The van der Waals surface area contributed by atoms with E-state index < -0.39 is 0 Å². The topological polar surface area (TPSA) is 76.1 Å². The highest BCUT2D eigenvalue weighted by molar-refractivity contribution is 7.09. The number of nitrogens with one attached hydrogen (secondary N) is 1. The average molecular weight is 308 g/mol. The minimum Gasteiger partial charge on any atom is -0.467 e. The molecule has 0 spiro atoms. The molecule has 0 saturated heterocycles. The van der Waals surface area contributed by atoms with Crippen molar-refractivity contribution in [2.45, 2.75) is 26.8 Å². The molecule has 0 unspecified atom stereocenters. The highest BCUT2D eigenvalue weighted by Crippen LogP contribution is 2.17. The van der Waals surface area contributed by atoms with Gasteiger partial charge in [0.05, 0.1) is 24.4 Å². The molecule has 2 aromatic rings. The molecule has 2 heterocycles. The summed E-state index contributed by atoms with van der Waals surface area (Å²) in [6.07, 6.45) is 0.997. The number of anilines is 2. The van der Waals surface area contributed by atoms with Gasteiger partial charge in [0, 0.05) is 19.0 Å². The lowest BCUT2D eigenvalue weighted by atomic mass is 10.4. The molecular weight excluding hydrogens is 288 g/mol. The molecule has 0 radical (unpaired) electrons. The van der Waals surface area contributed by atoms with Crippen molar-refractivity contribution >= 4 is 23.2 Å². The molecule has 2 aromatic heterocycles. The van der Waals surface area contributed by atoms with Gasteiger partial charge in [-0.05, 0) is 13.3 Å². The van der Waals surface area contributed by atoms with E-state index in [-0.39, 0.29) is 0 Å². The van der Waals surface area contributed by atoms with Crippen molar-refractivity contribution in [2.75, 3.05) is 30.9 Å². The first-order valence-electron chi connectivity index (χ1n) is 6.78. The Morgan fingerprint density at radius 2 is 2.10 bits per heavy atom. The lowest BCUT2D eigenvalue weighted by Crippen LogP contribution is -2.21. The fourth-order valence-corrected chi connectivity index (χ4v) is 2.32. The van der Waals surface area contributed by atoms with E-state index in [1.54, 1.807) is 18.4 Å². The van der Waals surface area contributed by atoms with Crippen molar-refractivity contribution in [1.82, 2.24) is 19.9 Å². The minimum atomic E-state index is 0.305. The Labute approximate surface area is 128 Å². The standard InChI is InChI=1S/C13H20N6OS/c1-5-6-14-11-16-12(18-13(17-11)20-4)19(3)7-10-8-21-9(2)15-10/h8H,5-7H2,1-4H3,(H,14,16,17,18). The van der Waals surface area contributed by atoms with Gasteiger partial charge in [-0.3, -0.25) is 0 Å². The van der Waals surface area contributed by atoms with E-state index in [4.69, 9.17) is 4.74 Å². The zero-order valence-electron chi connectivity index (χ0n) is 12.8. The number of methoxy groups -OCH3 is 1. The van der Waals surface area contributed by atoms with Crippen LogP contribution in [0.25, 0.3) is 0 Å². The fraction of sp³-hybridized carbons (Fsp3) is 0.538. The number of aryl methyl sites for hydroxylation is 1. The van der Waals surface area contributed by atoms with Gasteiger partial charge in [-0.25, -0.2) is 4.98 Å². The van der Waals surface area contributed by atoms with Crippen LogP contribution in [0.15, 0.2) is 5.38 Å². The van der Waals surface area contributed by atoms with Gasteiger partial charge in [-0.1, -0.05) is 6.92 Å². The quantitative estimate of drug-likeness (QED) is 0.839. The summed E-state index contributed by atoms with van der Waals surface area (Å²) >= 11 is 1.64. The van der Waals surface area contributed by atoms with Gasteiger partial charge in [0.2, 0.25) is 11.9 Å². The molecule has 7 nitrogen and oxygen atoms in total. The Morgan fingerprint density at radius 3 is 2.71 bits per heavy atom. The molecule has 0 aromatic carbocycles. The predicted molar refractivity (Wildman–Crippen MR) is 84.1 cm³/mol. The van der Waals surface area contributed by atoms with Gasteiger partial charge in [0.1, 0.15) is 0 Å². The van der Waals surface area contributed by atoms with Crippen LogP contribution in [0.2, 0.25) is 0 Å². The largest absolute Gasteiger partial charge is 0.467 e. The molecule has 0 fully saturated rings. The third kappa shape index (κ3) is 4.25. The van der Waals surface area contributed by atoms with Crippen molar-refractivity contribution in [2.24, 2.45) is 0 Å². The second kappa shape index (κ2) is 7.16. The van der Waals surface area contributed by atoms with Crippen LogP contribution >= 0.6 is 11.3 Å². The molecule has 0 amide bonds. The second-order valence-electron chi connectivity index (χ2n) is 4.59. The van der Waals surface area contributed by atoms with Crippen molar-refractivity contribution in [3.63, 3.8) is 0 Å². The molecule has 8 heteroatoms. The fourth-order valence-electron chi connectivity index (χ4n) is 1.72. The first-order chi connectivity index (χ1) is 10.1. The molecule has 0 bridgehead atoms. The van der Waals surface area contributed by atoms with Crippen LogP contribution < -0.4 is 15.0 Å². The molecule has 114 valence electrons. The molecule has 0 atom stereocenters. The Bertz CT molecular complexity index is 588. The Hall–Kier alpha value is -1.96. The molecule has 0 aliphatic rings. The first-order valence-corrected chi connectivity index (χ1v) is 7.66. The lowest BCUT2D eigenvalue weighted by molar-refractivity contribution is 0.379. The van der Waals surface area contributed by atoms with Crippen molar-refractivity contribution in [1.29, 1.82) is 0 Å². The summed E-state index contributed by atoms with van der Waals surface area (Å²) in [7, 11) is 3.47. The van der Waals surface area contributed by atoms with Gasteiger partial charge >= 0.3 is 6.01 Å². The summed E-state index contributed by atoms with van der Waals surface area (Å²) in [6.45, 7) is 5.53. The van der Waals surface area contributed by atoms with E-state index >= 15 is 0 Å². The van der Waals surface area contributed by atoms with Gasteiger partial charge in [-0.2, -0.15) is 15.0 Å². The zero-order chi connectivity index (χ0) is 15.2. The molecule has 1 N–H and O–H groups in total. The SMILES string of the molecule is CCCNc1nc(OC)nc(N(C)Cc2csc(C)n2)n1. The number of hydrogen-bond acceptors (Lipinski definition) is 8. The Balaban J connectivity index is 2.16. The molecule has 0 aliphatic carbocycles. The smallest absolute Gasteiger partial charge is 0.322 e. The Kier molecular flexibility index (Phi) is 5.26. The average Bonchev–Trinajstić information content (AvgIpc) is 2.89. The summed E-state index contributed by atoms with van der Waals surface area (Å²) in [5.41, 5.74) is 1.00. The number of rotatable bonds is 7. The van der Waals surface area contributed by atoms with Crippen molar-refractivity contribution in [3.05, 3.63) is 16.1 Å². The van der Waals surface area contributed by atoms with Gasteiger partial charge in [0.25, 0.3) is 0 Å². The molecular formula is C13H20N6OS. The first kappa shape index (κ1) is 15.4. The van der Waals surface area contributed by atoms with Crippen LogP contribution in [0.5, 0.6) is 6.01 Å². The number of aromatic nitrogens is 4. The van der Waals surface area contributed by atoms with E-state index in [0.717, 1.165) is 23.7 Å². The second-order valence-corrected chi connectivity index (χ2v) is 5.65. The summed E-state index contributed by atoms with van der Waals surface area (Å²) in [6, 6.07) is 0.305. The highest BCUT2D eigenvalue weighted by Gasteiger charge is 2.12. The molecule has 0 aliphatic heterocycles. The van der Waals surface area contributed by atoms with Gasteiger partial charge < -0.3 is 15.0 Å². The van der Waals surface area contributed by atoms with E-state index in [1.807, 2.05) is 24.3 Å². The predicted octanol–water partition coefficient (Wildman–Crippen LogP) is 2.10. The maximum Gasteiger partial charge on any atom is 0.322 e. The summed E-state index contributed by atoms with van der Waals surface area (Å²) in [5, 5.41) is 6.24. The minimum absolute atomic E-state index is 0.305.